The van der Waals surface area contributed by atoms with E-state index < -0.39 is 0 Å². The third-order valence-electron chi connectivity index (χ3n) is 5.91. The highest BCUT2D eigenvalue weighted by Gasteiger charge is 2.14. The van der Waals surface area contributed by atoms with Crippen LogP contribution in [0, 0.1) is 0 Å². The summed E-state index contributed by atoms with van der Waals surface area (Å²) in [6.45, 7) is 8.12. The molecular formula is C23H32N6O. The maximum atomic E-state index is 12.2. The van der Waals surface area contributed by atoms with E-state index in [0.29, 0.717) is 12.2 Å². The van der Waals surface area contributed by atoms with Crippen LogP contribution in [-0.4, -0.2) is 67.1 Å². The van der Waals surface area contributed by atoms with Crippen molar-refractivity contribution in [3.8, 4) is 0 Å². The number of pyridine rings is 1. The molecule has 2 N–H and O–H groups in total. The molecule has 3 heterocycles. The lowest BCUT2D eigenvalue weighted by Crippen LogP contribution is -2.43. The average molecular weight is 409 g/mol. The first-order valence-electron chi connectivity index (χ1n) is 10.9. The minimum atomic E-state index is -0.216. The molecule has 0 unspecified atom stereocenters. The Morgan fingerprint density at radius 3 is 2.30 bits per heavy atom. The van der Waals surface area contributed by atoms with Crippen molar-refractivity contribution < 1.29 is 4.79 Å². The Balaban J connectivity index is 1.21. The zero-order valence-electron chi connectivity index (χ0n) is 17.8. The highest BCUT2D eigenvalue weighted by Crippen LogP contribution is 2.19. The number of carbonyl (C=O) groups is 1. The van der Waals surface area contributed by atoms with E-state index in [9.17, 15) is 4.79 Å². The van der Waals surface area contributed by atoms with Crippen molar-refractivity contribution in [3.05, 3.63) is 53.7 Å². The van der Waals surface area contributed by atoms with E-state index in [-0.39, 0.29) is 6.03 Å². The summed E-state index contributed by atoms with van der Waals surface area (Å²) < 4.78 is 0. The van der Waals surface area contributed by atoms with Gasteiger partial charge in [-0.15, -0.1) is 0 Å². The highest BCUT2D eigenvalue weighted by atomic mass is 16.2. The Kier molecular flexibility index (Phi) is 6.81. The summed E-state index contributed by atoms with van der Waals surface area (Å²) in [6, 6.07) is 12.2. The third-order valence-corrected chi connectivity index (χ3v) is 5.91. The zero-order chi connectivity index (χ0) is 20.8. The van der Waals surface area contributed by atoms with Crippen molar-refractivity contribution in [3.63, 3.8) is 0 Å². The van der Waals surface area contributed by atoms with Crippen LogP contribution in [0.3, 0.4) is 0 Å². The van der Waals surface area contributed by atoms with E-state index in [1.54, 1.807) is 6.20 Å². The second-order valence-corrected chi connectivity index (χ2v) is 8.30. The van der Waals surface area contributed by atoms with Gasteiger partial charge in [-0.3, -0.25) is 4.90 Å². The van der Waals surface area contributed by atoms with Gasteiger partial charge in [0, 0.05) is 52.4 Å². The number of hydrogen-bond donors (Lipinski definition) is 2. The number of piperazine rings is 1. The van der Waals surface area contributed by atoms with E-state index in [1.165, 1.54) is 18.4 Å². The van der Waals surface area contributed by atoms with Crippen molar-refractivity contribution in [1.82, 2.24) is 20.1 Å². The quantitative estimate of drug-likeness (QED) is 0.770. The van der Waals surface area contributed by atoms with Crippen molar-refractivity contribution in [2.24, 2.45) is 0 Å². The van der Waals surface area contributed by atoms with Crippen molar-refractivity contribution in [2.45, 2.75) is 25.9 Å². The number of rotatable bonds is 6. The van der Waals surface area contributed by atoms with E-state index in [1.807, 2.05) is 12.1 Å². The van der Waals surface area contributed by atoms with Gasteiger partial charge in [0.05, 0.1) is 11.9 Å². The monoisotopic (exact) mass is 408 g/mol. The number of carbonyl (C=O) groups excluding carboxylic acids is 1. The fourth-order valence-electron chi connectivity index (χ4n) is 3.98. The maximum Gasteiger partial charge on any atom is 0.319 e. The van der Waals surface area contributed by atoms with Crippen molar-refractivity contribution >= 4 is 17.5 Å². The molecule has 4 rings (SSSR count). The fraction of sp³-hybridized carbons (Fsp3) is 0.478. The van der Waals surface area contributed by atoms with Gasteiger partial charge in [0.1, 0.15) is 5.82 Å². The topological polar surface area (TPSA) is 63.7 Å². The molecule has 1 aromatic carbocycles. The third kappa shape index (κ3) is 5.70. The number of urea groups is 1. The van der Waals surface area contributed by atoms with Gasteiger partial charge >= 0.3 is 6.03 Å². The molecule has 30 heavy (non-hydrogen) atoms. The van der Waals surface area contributed by atoms with E-state index >= 15 is 0 Å². The summed E-state index contributed by atoms with van der Waals surface area (Å²) in [4.78, 5) is 23.8. The number of likely N-dealkylation sites (N-methyl/N-ethyl adjacent to an activating group) is 1. The number of anilines is 2. The lowest BCUT2D eigenvalue weighted by Gasteiger charge is -2.32. The molecule has 160 valence electrons. The van der Waals surface area contributed by atoms with Gasteiger partial charge in [0.15, 0.2) is 0 Å². The lowest BCUT2D eigenvalue weighted by molar-refractivity contribution is 0.148. The summed E-state index contributed by atoms with van der Waals surface area (Å²) in [5.74, 6) is 0.982. The summed E-state index contributed by atoms with van der Waals surface area (Å²) in [7, 11) is 2.18. The molecule has 7 nitrogen and oxygen atoms in total. The predicted molar refractivity (Wildman–Crippen MR) is 121 cm³/mol. The smallest absolute Gasteiger partial charge is 0.319 e. The van der Waals surface area contributed by atoms with Crippen LogP contribution >= 0.6 is 0 Å². The predicted octanol–water partition coefficient (Wildman–Crippen LogP) is 2.75. The first-order chi connectivity index (χ1) is 14.7. The Bertz CT molecular complexity index is 809. The largest absolute Gasteiger partial charge is 0.357 e. The zero-order valence-corrected chi connectivity index (χ0v) is 17.8. The maximum absolute atomic E-state index is 12.2. The molecule has 0 bridgehead atoms. The second-order valence-electron chi connectivity index (χ2n) is 8.30. The molecule has 0 saturated carbocycles. The Morgan fingerprint density at radius 1 is 0.933 bits per heavy atom. The van der Waals surface area contributed by atoms with Gasteiger partial charge < -0.3 is 20.4 Å². The minimum absolute atomic E-state index is 0.216. The minimum Gasteiger partial charge on any atom is -0.357 e. The van der Waals surface area contributed by atoms with E-state index in [0.717, 1.165) is 57.2 Å². The van der Waals surface area contributed by atoms with Crippen LogP contribution in [0.2, 0.25) is 0 Å². The van der Waals surface area contributed by atoms with Crippen LogP contribution in [0.4, 0.5) is 16.3 Å². The fourth-order valence-corrected chi connectivity index (χ4v) is 3.98. The van der Waals surface area contributed by atoms with Gasteiger partial charge in [0.25, 0.3) is 0 Å². The van der Waals surface area contributed by atoms with E-state index in [2.05, 4.69) is 61.6 Å². The van der Waals surface area contributed by atoms with Crippen LogP contribution in [0.25, 0.3) is 0 Å². The lowest BCUT2D eigenvalue weighted by atomic mass is 10.1. The van der Waals surface area contributed by atoms with Gasteiger partial charge in [-0.1, -0.05) is 24.3 Å². The molecule has 2 saturated heterocycles. The van der Waals surface area contributed by atoms with Crippen molar-refractivity contribution in [1.29, 1.82) is 0 Å². The summed E-state index contributed by atoms with van der Waals surface area (Å²) in [5.41, 5.74) is 3.12. The molecule has 2 fully saturated rings. The number of amides is 2. The average Bonchev–Trinajstić information content (AvgIpc) is 3.30. The van der Waals surface area contributed by atoms with Gasteiger partial charge in [-0.05, 0) is 43.1 Å². The summed E-state index contributed by atoms with van der Waals surface area (Å²) in [5, 5.41) is 5.78. The first-order valence-corrected chi connectivity index (χ1v) is 10.9. The molecule has 0 spiro atoms. The molecule has 2 amide bonds. The number of benzene rings is 1. The molecule has 7 heteroatoms. The van der Waals surface area contributed by atoms with Crippen molar-refractivity contribution in [2.75, 3.05) is 56.5 Å². The molecule has 0 radical (unpaired) electrons. The summed E-state index contributed by atoms with van der Waals surface area (Å²) in [6.07, 6.45) is 4.17. The van der Waals surface area contributed by atoms with E-state index in [4.69, 9.17) is 0 Å². The molecule has 0 atom stereocenters. The van der Waals surface area contributed by atoms with Crippen LogP contribution in [0.1, 0.15) is 24.0 Å². The molecule has 2 aromatic rings. The van der Waals surface area contributed by atoms with Gasteiger partial charge in [-0.2, -0.15) is 0 Å². The van der Waals surface area contributed by atoms with Gasteiger partial charge in [-0.25, -0.2) is 9.78 Å². The highest BCUT2D eigenvalue weighted by molar-refractivity contribution is 5.89. The number of aromatic nitrogens is 1. The molecule has 2 aliphatic heterocycles. The summed E-state index contributed by atoms with van der Waals surface area (Å²) >= 11 is 0. The Morgan fingerprint density at radius 2 is 1.63 bits per heavy atom. The van der Waals surface area contributed by atoms with Crippen LogP contribution in [0.5, 0.6) is 0 Å². The Hall–Kier alpha value is -2.64. The standard InChI is InChI=1S/C23H32N6O/c1-27-12-14-28(15-13-27)18-20-6-4-19(5-7-20)16-25-23(30)26-21-8-9-22(24-17-21)29-10-2-3-11-29/h4-9,17H,2-3,10-16,18H2,1H3,(H2,25,26,30). The second kappa shape index (κ2) is 9.91. The van der Waals surface area contributed by atoms with Crippen LogP contribution in [0.15, 0.2) is 42.6 Å². The number of nitrogens with one attached hydrogen (secondary N) is 2. The number of hydrogen-bond acceptors (Lipinski definition) is 5. The van der Waals surface area contributed by atoms with Crippen LogP contribution < -0.4 is 15.5 Å². The van der Waals surface area contributed by atoms with Crippen LogP contribution in [-0.2, 0) is 13.1 Å². The normalized spacial score (nSPS) is 17.8. The molecule has 0 aliphatic carbocycles. The van der Waals surface area contributed by atoms with Gasteiger partial charge in [0.2, 0.25) is 0 Å². The molecular weight excluding hydrogens is 376 g/mol. The number of nitrogens with zero attached hydrogens (tertiary/aromatic N) is 4. The molecule has 2 aliphatic rings. The molecule has 1 aromatic heterocycles. The Labute approximate surface area is 179 Å². The first kappa shape index (κ1) is 20.6. The SMILES string of the molecule is CN1CCN(Cc2ccc(CNC(=O)Nc3ccc(N4CCCC4)nc3)cc2)CC1.